The van der Waals surface area contributed by atoms with Crippen molar-refractivity contribution in [3.8, 4) is 0 Å². The fraction of sp³-hybridized carbons (Fsp3) is 0.571. The SMILES string of the molecule is CCCNC1c2ccccc2CC1CC. The molecule has 0 saturated heterocycles. The van der Waals surface area contributed by atoms with Crippen LogP contribution in [0.15, 0.2) is 24.3 Å². The van der Waals surface area contributed by atoms with Crippen LogP contribution in [0.25, 0.3) is 0 Å². The number of hydrogen-bond donors (Lipinski definition) is 1. The largest absolute Gasteiger partial charge is 0.310 e. The zero-order valence-corrected chi connectivity index (χ0v) is 9.79. The van der Waals surface area contributed by atoms with Crippen LogP contribution in [0.2, 0.25) is 0 Å². The smallest absolute Gasteiger partial charge is 0.0354 e. The van der Waals surface area contributed by atoms with Crippen LogP contribution in [0.1, 0.15) is 43.9 Å². The van der Waals surface area contributed by atoms with E-state index in [4.69, 9.17) is 0 Å². The number of nitrogens with one attached hydrogen (secondary N) is 1. The average molecular weight is 203 g/mol. The van der Waals surface area contributed by atoms with E-state index in [0.717, 1.165) is 12.5 Å². The van der Waals surface area contributed by atoms with Crippen molar-refractivity contribution < 1.29 is 0 Å². The standard InChI is InChI=1S/C14H21N/c1-3-9-15-14-11(4-2)10-12-7-5-6-8-13(12)14/h5-8,11,14-15H,3-4,9-10H2,1-2H3. The molecule has 0 bridgehead atoms. The van der Waals surface area contributed by atoms with Crippen LogP contribution in [0.4, 0.5) is 0 Å². The number of fused-ring (bicyclic) bond motifs is 1. The average Bonchev–Trinajstić information content (AvgIpc) is 2.64. The lowest BCUT2D eigenvalue weighted by Gasteiger charge is -2.20. The Bertz CT molecular complexity index is 319. The van der Waals surface area contributed by atoms with Gasteiger partial charge in [0.25, 0.3) is 0 Å². The summed E-state index contributed by atoms with van der Waals surface area (Å²) in [6.45, 7) is 5.67. The molecule has 1 aromatic carbocycles. The van der Waals surface area contributed by atoms with Crippen LogP contribution in [-0.2, 0) is 6.42 Å². The Morgan fingerprint density at radius 3 is 2.80 bits per heavy atom. The molecule has 0 aromatic heterocycles. The van der Waals surface area contributed by atoms with Gasteiger partial charge in [-0.05, 0) is 36.4 Å². The first kappa shape index (κ1) is 10.7. The van der Waals surface area contributed by atoms with Crippen LogP contribution >= 0.6 is 0 Å². The van der Waals surface area contributed by atoms with Gasteiger partial charge in [0.1, 0.15) is 0 Å². The second-order valence-corrected chi connectivity index (χ2v) is 4.50. The molecule has 0 aliphatic heterocycles. The van der Waals surface area contributed by atoms with Crippen molar-refractivity contribution in [3.05, 3.63) is 35.4 Å². The van der Waals surface area contributed by atoms with Crippen LogP contribution in [-0.4, -0.2) is 6.54 Å². The zero-order chi connectivity index (χ0) is 10.7. The van der Waals surface area contributed by atoms with Gasteiger partial charge in [-0.2, -0.15) is 0 Å². The van der Waals surface area contributed by atoms with Crippen molar-refractivity contribution in [3.63, 3.8) is 0 Å². The van der Waals surface area contributed by atoms with Crippen LogP contribution in [0.5, 0.6) is 0 Å². The Morgan fingerprint density at radius 2 is 2.07 bits per heavy atom. The van der Waals surface area contributed by atoms with Crippen molar-refractivity contribution in [1.29, 1.82) is 0 Å². The fourth-order valence-corrected chi connectivity index (χ4v) is 2.63. The van der Waals surface area contributed by atoms with Crippen molar-refractivity contribution in [2.75, 3.05) is 6.54 Å². The molecule has 82 valence electrons. The summed E-state index contributed by atoms with van der Waals surface area (Å²) in [6.07, 6.45) is 3.75. The van der Waals surface area contributed by atoms with E-state index in [9.17, 15) is 0 Å². The molecule has 0 fully saturated rings. The summed E-state index contributed by atoms with van der Waals surface area (Å²) < 4.78 is 0. The van der Waals surface area contributed by atoms with E-state index in [1.54, 1.807) is 5.56 Å². The molecule has 1 N–H and O–H groups in total. The first-order valence-electron chi connectivity index (χ1n) is 6.18. The summed E-state index contributed by atoms with van der Waals surface area (Å²) in [4.78, 5) is 0. The number of hydrogen-bond acceptors (Lipinski definition) is 1. The molecule has 1 aliphatic rings. The Hall–Kier alpha value is -0.820. The molecule has 1 aliphatic carbocycles. The Labute approximate surface area is 92.9 Å². The highest BCUT2D eigenvalue weighted by atomic mass is 14.9. The summed E-state index contributed by atoms with van der Waals surface area (Å²) in [7, 11) is 0. The maximum absolute atomic E-state index is 3.69. The third-order valence-corrected chi connectivity index (χ3v) is 3.48. The number of benzene rings is 1. The normalized spacial score (nSPS) is 24.1. The van der Waals surface area contributed by atoms with Crippen molar-refractivity contribution >= 4 is 0 Å². The highest BCUT2D eigenvalue weighted by Gasteiger charge is 2.29. The molecule has 2 atom stereocenters. The summed E-state index contributed by atoms with van der Waals surface area (Å²) in [5.41, 5.74) is 3.09. The topological polar surface area (TPSA) is 12.0 Å². The van der Waals surface area contributed by atoms with Crippen molar-refractivity contribution in [2.45, 2.75) is 39.2 Å². The van der Waals surface area contributed by atoms with E-state index in [0.29, 0.717) is 6.04 Å². The van der Waals surface area contributed by atoms with Gasteiger partial charge in [-0.25, -0.2) is 0 Å². The van der Waals surface area contributed by atoms with Gasteiger partial charge in [-0.1, -0.05) is 44.5 Å². The van der Waals surface area contributed by atoms with E-state index in [1.807, 2.05) is 0 Å². The van der Waals surface area contributed by atoms with E-state index in [-0.39, 0.29) is 0 Å². The molecule has 0 saturated carbocycles. The minimum atomic E-state index is 0.603. The van der Waals surface area contributed by atoms with Gasteiger partial charge < -0.3 is 5.32 Å². The van der Waals surface area contributed by atoms with Crippen LogP contribution < -0.4 is 5.32 Å². The van der Waals surface area contributed by atoms with Crippen molar-refractivity contribution in [2.24, 2.45) is 5.92 Å². The van der Waals surface area contributed by atoms with Gasteiger partial charge >= 0.3 is 0 Å². The maximum atomic E-state index is 3.69. The number of rotatable bonds is 4. The predicted octanol–water partition coefficient (Wildman–Crippen LogP) is 3.31. The summed E-state index contributed by atoms with van der Waals surface area (Å²) >= 11 is 0. The Kier molecular flexibility index (Phi) is 3.42. The third-order valence-electron chi connectivity index (χ3n) is 3.48. The zero-order valence-electron chi connectivity index (χ0n) is 9.79. The van der Waals surface area contributed by atoms with Gasteiger partial charge in [-0.3, -0.25) is 0 Å². The van der Waals surface area contributed by atoms with Crippen LogP contribution in [0.3, 0.4) is 0 Å². The molecule has 0 radical (unpaired) electrons. The maximum Gasteiger partial charge on any atom is 0.0354 e. The predicted molar refractivity (Wildman–Crippen MR) is 65.0 cm³/mol. The molecule has 2 rings (SSSR count). The van der Waals surface area contributed by atoms with Gasteiger partial charge in [0.05, 0.1) is 0 Å². The second-order valence-electron chi connectivity index (χ2n) is 4.50. The first-order valence-corrected chi connectivity index (χ1v) is 6.18. The highest BCUT2D eigenvalue weighted by molar-refractivity contribution is 5.35. The Morgan fingerprint density at radius 1 is 1.27 bits per heavy atom. The fourth-order valence-electron chi connectivity index (χ4n) is 2.63. The Balaban J connectivity index is 2.18. The van der Waals surface area contributed by atoms with Gasteiger partial charge in [-0.15, -0.1) is 0 Å². The molecule has 0 spiro atoms. The molecule has 1 nitrogen and oxygen atoms in total. The molecule has 0 heterocycles. The lowest BCUT2D eigenvalue weighted by atomic mass is 9.98. The van der Waals surface area contributed by atoms with E-state index < -0.39 is 0 Å². The minimum absolute atomic E-state index is 0.603. The third kappa shape index (κ3) is 2.07. The highest BCUT2D eigenvalue weighted by Crippen LogP contribution is 2.37. The quantitative estimate of drug-likeness (QED) is 0.791. The minimum Gasteiger partial charge on any atom is -0.310 e. The molecular weight excluding hydrogens is 182 g/mol. The molecule has 2 unspecified atom stereocenters. The second kappa shape index (κ2) is 4.80. The van der Waals surface area contributed by atoms with Crippen molar-refractivity contribution in [1.82, 2.24) is 5.32 Å². The van der Waals surface area contributed by atoms with Gasteiger partial charge in [0.15, 0.2) is 0 Å². The summed E-state index contributed by atoms with van der Waals surface area (Å²) in [6, 6.07) is 9.50. The van der Waals surface area contributed by atoms with Gasteiger partial charge in [0.2, 0.25) is 0 Å². The lowest BCUT2D eigenvalue weighted by molar-refractivity contribution is 0.379. The van der Waals surface area contributed by atoms with E-state index in [1.165, 1.54) is 24.8 Å². The molecule has 1 aromatic rings. The van der Waals surface area contributed by atoms with E-state index in [2.05, 4.69) is 43.4 Å². The van der Waals surface area contributed by atoms with Crippen LogP contribution in [0, 0.1) is 5.92 Å². The summed E-state index contributed by atoms with van der Waals surface area (Å²) in [5, 5.41) is 3.69. The first-order chi connectivity index (χ1) is 7.36. The van der Waals surface area contributed by atoms with Gasteiger partial charge in [0, 0.05) is 6.04 Å². The molecule has 15 heavy (non-hydrogen) atoms. The lowest BCUT2D eigenvalue weighted by Crippen LogP contribution is -2.25. The molecule has 0 amide bonds. The monoisotopic (exact) mass is 203 g/mol. The molecule has 1 heteroatoms. The molecular formula is C14H21N. The summed E-state index contributed by atoms with van der Waals surface area (Å²) in [5.74, 6) is 0.800. The van der Waals surface area contributed by atoms with E-state index >= 15 is 0 Å².